The molecule has 0 saturated heterocycles. The molecule has 2 aromatic carbocycles. The van der Waals surface area contributed by atoms with Crippen molar-refractivity contribution in [1.82, 2.24) is 9.97 Å². The Balaban J connectivity index is 2.17. The smallest absolute Gasteiger partial charge is 0.163 e. The average molecular weight is 284 g/mol. The van der Waals surface area contributed by atoms with Crippen LogP contribution in [-0.4, -0.2) is 31.3 Å². The molecule has 5 heteroatoms. The molecule has 0 aliphatic carbocycles. The zero-order valence-electron chi connectivity index (χ0n) is 12.1. The van der Waals surface area contributed by atoms with Crippen LogP contribution in [0.5, 0.6) is 17.2 Å². The van der Waals surface area contributed by atoms with Gasteiger partial charge in [-0.1, -0.05) is 12.1 Å². The summed E-state index contributed by atoms with van der Waals surface area (Å²) < 4.78 is 16.0. The number of ether oxygens (including phenoxy) is 3. The van der Waals surface area contributed by atoms with Crippen LogP contribution >= 0.6 is 0 Å². The summed E-state index contributed by atoms with van der Waals surface area (Å²) in [7, 11) is 4.87. The van der Waals surface area contributed by atoms with Crippen molar-refractivity contribution in [3.63, 3.8) is 0 Å². The third kappa shape index (κ3) is 2.27. The summed E-state index contributed by atoms with van der Waals surface area (Å²) in [6, 6.07) is 11.5. The van der Waals surface area contributed by atoms with Crippen LogP contribution in [0.1, 0.15) is 0 Å². The van der Waals surface area contributed by atoms with E-state index in [4.69, 9.17) is 14.2 Å². The number of nitrogens with zero attached hydrogens (tertiary/aromatic N) is 1. The van der Waals surface area contributed by atoms with Gasteiger partial charge in [-0.2, -0.15) is 0 Å². The van der Waals surface area contributed by atoms with Crippen LogP contribution in [0.2, 0.25) is 0 Å². The van der Waals surface area contributed by atoms with Gasteiger partial charge in [0, 0.05) is 12.1 Å². The fraction of sp³-hybridized carbons (Fsp3) is 0.188. The highest BCUT2D eigenvalue weighted by Crippen LogP contribution is 2.34. The first-order chi connectivity index (χ1) is 10.3. The largest absolute Gasteiger partial charge is 0.496 e. The minimum atomic E-state index is 0.656. The molecular formula is C16H16N2O3. The summed E-state index contributed by atoms with van der Waals surface area (Å²) in [5, 5.41) is 0. The Bertz CT molecular complexity index is 739. The summed E-state index contributed by atoms with van der Waals surface area (Å²) in [4.78, 5) is 7.89. The van der Waals surface area contributed by atoms with E-state index in [0.717, 1.165) is 28.2 Å². The second kappa shape index (κ2) is 5.36. The Morgan fingerprint density at radius 1 is 0.857 bits per heavy atom. The Kier molecular flexibility index (Phi) is 3.39. The van der Waals surface area contributed by atoms with Crippen molar-refractivity contribution in [2.24, 2.45) is 0 Å². The molecule has 21 heavy (non-hydrogen) atoms. The molecule has 0 fully saturated rings. The predicted octanol–water partition coefficient (Wildman–Crippen LogP) is 3.26. The number of nitrogens with one attached hydrogen (secondary N) is 1. The lowest BCUT2D eigenvalue weighted by molar-refractivity contribution is 0.356. The number of fused-ring (bicyclic) bond motifs is 1. The highest BCUT2D eigenvalue weighted by molar-refractivity contribution is 5.83. The van der Waals surface area contributed by atoms with Gasteiger partial charge < -0.3 is 19.2 Å². The second-order valence-corrected chi connectivity index (χ2v) is 4.51. The van der Waals surface area contributed by atoms with E-state index >= 15 is 0 Å². The van der Waals surface area contributed by atoms with Crippen molar-refractivity contribution in [2.45, 2.75) is 0 Å². The van der Waals surface area contributed by atoms with Crippen LogP contribution in [0.15, 0.2) is 36.4 Å². The molecule has 0 bridgehead atoms. The lowest BCUT2D eigenvalue weighted by Gasteiger charge is -2.06. The molecular weight excluding hydrogens is 268 g/mol. The summed E-state index contributed by atoms with van der Waals surface area (Å²) in [5.74, 6) is 2.84. The lowest BCUT2D eigenvalue weighted by atomic mass is 10.2. The average Bonchev–Trinajstić information content (AvgIpc) is 2.95. The predicted molar refractivity (Wildman–Crippen MR) is 81.2 cm³/mol. The molecule has 0 aliphatic heterocycles. The van der Waals surface area contributed by atoms with Gasteiger partial charge in [-0.05, 0) is 12.1 Å². The first kappa shape index (κ1) is 13.3. The first-order valence-electron chi connectivity index (χ1n) is 6.52. The van der Waals surface area contributed by atoms with E-state index in [0.29, 0.717) is 11.5 Å². The minimum Gasteiger partial charge on any atom is -0.496 e. The number of aromatic nitrogens is 2. The molecule has 0 saturated carbocycles. The maximum atomic E-state index is 5.38. The maximum absolute atomic E-state index is 5.38. The highest BCUT2D eigenvalue weighted by atomic mass is 16.5. The van der Waals surface area contributed by atoms with Crippen LogP contribution in [0.3, 0.4) is 0 Å². The second-order valence-electron chi connectivity index (χ2n) is 4.51. The van der Waals surface area contributed by atoms with Crippen molar-refractivity contribution in [3.05, 3.63) is 36.4 Å². The van der Waals surface area contributed by atoms with Gasteiger partial charge in [0.05, 0.1) is 37.9 Å². The van der Waals surface area contributed by atoms with E-state index in [1.165, 1.54) is 0 Å². The molecule has 3 aromatic rings. The molecule has 0 unspecified atom stereocenters. The number of rotatable bonds is 4. The number of para-hydroxylation sites is 1. The molecule has 0 spiro atoms. The number of imidazole rings is 1. The molecule has 108 valence electrons. The first-order valence-corrected chi connectivity index (χ1v) is 6.52. The third-order valence-corrected chi connectivity index (χ3v) is 3.35. The molecule has 1 heterocycles. The van der Waals surface area contributed by atoms with Crippen LogP contribution < -0.4 is 14.2 Å². The summed E-state index contributed by atoms with van der Waals surface area (Å²) in [6.07, 6.45) is 0. The topological polar surface area (TPSA) is 56.4 Å². The monoisotopic (exact) mass is 284 g/mol. The van der Waals surface area contributed by atoms with Gasteiger partial charge in [0.25, 0.3) is 0 Å². The molecule has 1 N–H and O–H groups in total. The SMILES string of the molecule is COc1cc2nc(-c3ccccc3OC)[nH]c2cc1OC. The molecule has 5 nitrogen and oxygen atoms in total. The zero-order valence-corrected chi connectivity index (χ0v) is 12.1. The van der Waals surface area contributed by atoms with Gasteiger partial charge in [-0.15, -0.1) is 0 Å². The van der Waals surface area contributed by atoms with E-state index in [9.17, 15) is 0 Å². The summed E-state index contributed by atoms with van der Waals surface area (Å²) in [6.45, 7) is 0. The maximum Gasteiger partial charge on any atom is 0.163 e. The van der Waals surface area contributed by atoms with Gasteiger partial charge in [0.2, 0.25) is 0 Å². The number of H-pyrrole nitrogens is 1. The Morgan fingerprint density at radius 3 is 2.24 bits per heavy atom. The van der Waals surface area contributed by atoms with Gasteiger partial charge in [-0.3, -0.25) is 0 Å². The van der Waals surface area contributed by atoms with E-state index in [1.807, 2.05) is 36.4 Å². The van der Waals surface area contributed by atoms with Crippen molar-refractivity contribution >= 4 is 11.0 Å². The zero-order chi connectivity index (χ0) is 14.8. The Morgan fingerprint density at radius 2 is 1.52 bits per heavy atom. The van der Waals surface area contributed by atoms with Crippen molar-refractivity contribution in [3.8, 4) is 28.6 Å². The molecule has 3 rings (SSSR count). The molecule has 0 aliphatic rings. The number of hydrogen-bond donors (Lipinski definition) is 1. The van der Waals surface area contributed by atoms with Crippen LogP contribution in [0, 0.1) is 0 Å². The van der Waals surface area contributed by atoms with E-state index in [-0.39, 0.29) is 0 Å². The quantitative estimate of drug-likeness (QED) is 0.799. The van der Waals surface area contributed by atoms with E-state index < -0.39 is 0 Å². The molecule has 0 amide bonds. The number of benzene rings is 2. The number of methoxy groups -OCH3 is 3. The molecule has 1 aromatic heterocycles. The molecule has 0 radical (unpaired) electrons. The van der Waals surface area contributed by atoms with Gasteiger partial charge in [-0.25, -0.2) is 4.98 Å². The third-order valence-electron chi connectivity index (χ3n) is 3.35. The number of hydrogen-bond acceptors (Lipinski definition) is 4. The van der Waals surface area contributed by atoms with Gasteiger partial charge in [0.15, 0.2) is 11.5 Å². The highest BCUT2D eigenvalue weighted by Gasteiger charge is 2.13. The van der Waals surface area contributed by atoms with Crippen LogP contribution in [-0.2, 0) is 0 Å². The molecule has 0 atom stereocenters. The fourth-order valence-corrected chi connectivity index (χ4v) is 2.30. The fourth-order valence-electron chi connectivity index (χ4n) is 2.30. The summed E-state index contributed by atoms with van der Waals surface area (Å²) >= 11 is 0. The number of aromatic amines is 1. The van der Waals surface area contributed by atoms with E-state index in [2.05, 4.69) is 9.97 Å². The lowest BCUT2D eigenvalue weighted by Crippen LogP contribution is -1.89. The van der Waals surface area contributed by atoms with Gasteiger partial charge in [0.1, 0.15) is 11.6 Å². The summed E-state index contributed by atoms with van der Waals surface area (Å²) in [5.41, 5.74) is 2.61. The van der Waals surface area contributed by atoms with Crippen molar-refractivity contribution in [1.29, 1.82) is 0 Å². The Hall–Kier alpha value is -2.69. The minimum absolute atomic E-state index is 0.656. The van der Waals surface area contributed by atoms with Crippen molar-refractivity contribution < 1.29 is 14.2 Å². The van der Waals surface area contributed by atoms with Crippen molar-refractivity contribution in [2.75, 3.05) is 21.3 Å². The van der Waals surface area contributed by atoms with Gasteiger partial charge >= 0.3 is 0 Å². The Labute approximate surface area is 122 Å². The normalized spacial score (nSPS) is 10.6. The standard InChI is InChI=1S/C16H16N2O3/c1-19-13-7-5-4-6-10(13)16-17-11-8-14(20-2)15(21-3)9-12(11)18-16/h4-9H,1-3H3,(H,17,18). The van der Waals surface area contributed by atoms with Crippen LogP contribution in [0.25, 0.3) is 22.4 Å². The van der Waals surface area contributed by atoms with Crippen LogP contribution in [0.4, 0.5) is 0 Å². The van der Waals surface area contributed by atoms with E-state index in [1.54, 1.807) is 21.3 Å².